The number of hydrogen-bond donors (Lipinski definition) is 3. The van der Waals surface area contributed by atoms with E-state index in [-0.39, 0.29) is 46.6 Å². The number of phenolic OH excluding ortho intramolecular Hbond substituents is 3. The largest absolute Gasteiger partial charge is 0.507 e. The Morgan fingerprint density at radius 2 is 1.52 bits per heavy atom. The maximum absolute atomic E-state index is 12.8. The molecule has 128 valence electrons. The summed E-state index contributed by atoms with van der Waals surface area (Å²) in [7, 11) is 0. The molecule has 1 aliphatic carbocycles. The Kier molecular flexibility index (Phi) is 3.83. The van der Waals surface area contributed by atoms with E-state index in [0.29, 0.717) is 11.1 Å². The summed E-state index contributed by atoms with van der Waals surface area (Å²) in [4.78, 5) is 36.7. The molecule has 6 heteroatoms. The van der Waals surface area contributed by atoms with Crippen LogP contribution in [0.1, 0.15) is 56.3 Å². The zero-order valence-corrected chi connectivity index (χ0v) is 13.7. The van der Waals surface area contributed by atoms with Crippen molar-refractivity contribution in [2.75, 3.05) is 0 Å². The first-order valence-corrected chi connectivity index (χ1v) is 7.73. The van der Waals surface area contributed by atoms with Crippen LogP contribution in [0.25, 0.3) is 0 Å². The third kappa shape index (κ3) is 2.46. The Morgan fingerprint density at radius 3 is 2.08 bits per heavy atom. The van der Waals surface area contributed by atoms with Gasteiger partial charge in [0.2, 0.25) is 5.78 Å². The number of phenols is 3. The summed E-state index contributed by atoms with van der Waals surface area (Å²) < 4.78 is 0. The van der Waals surface area contributed by atoms with Gasteiger partial charge in [-0.15, -0.1) is 0 Å². The molecule has 0 saturated carbocycles. The van der Waals surface area contributed by atoms with Gasteiger partial charge in [0.15, 0.2) is 5.78 Å². The van der Waals surface area contributed by atoms with Gasteiger partial charge in [-0.1, -0.05) is 0 Å². The molecule has 0 fully saturated rings. The molecule has 0 amide bonds. The number of rotatable bonds is 3. The van der Waals surface area contributed by atoms with Crippen LogP contribution in [0, 0.1) is 6.92 Å². The summed E-state index contributed by atoms with van der Waals surface area (Å²) in [5, 5.41) is 30.5. The highest BCUT2D eigenvalue weighted by molar-refractivity contribution is 6.31. The standard InChI is InChI=1S/C19H16O6/c1-8-7-11-14(17(23)10(8)4-3-9(2)20)19(25)16-13(22)6-5-12(21)15(16)18(11)24/h5-7,21-23H,3-4H2,1-2H3. The predicted octanol–water partition coefficient (Wildman–Crippen LogP) is 2.41. The summed E-state index contributed by atoms with van der Waals surface area (Å²) in [5.41, 5.74) is 0.157. The van der Waals surface area contributed by atoms with E-state index in [4.69, 9.17) is 0 Å². The van der Waals surface area contributed by atoms with Crippen LogP contribution in [0.2, 0.25) is 0 Å². The highest BCUT2D eigenvalue weighted by Gasteiger charge is 2.37. The van der Waals surface area contributed by atoms with E-state index in [9.17, 15) is 29.7 Å². The summed E-state index contributed by atoms with van der Waals surface area (Å²) in [6.45, 7) is 3.10. The van der Waals surface area contributed by atoms with Gasteiger partial charge in [-0.25, -0.2) is 0 Å². The van der Waals surface area contributed by atoms with Crippen molar-refractivity contribution in [3.05, 3.63) is 51.6 Å². The molecule has 0 atom stereocenters. The smallest absolute Gasteiger partial charge is 0.202 e. The van der Waals surface area contributed by atoms with Crippen molar-refractivity contribution >= 4 is 17.3 Å². The average molecular weight is 340 g/mol. The summed E-state index contributed by atoms with van der Waals surface area (Å²) >= 11 is 0. The fraction of sp³-hybridized carbons (Fsp3) is 0.211. The van der Waals surface area contributed by atoms with Gasteiger partial charge < -0.3 is 20.1 Å². The number of fused-ring (bicyclic) bond motifs is 2. The Bertz CT molecular complexity index is 955. The second kappa shape index (κ2) is 5.73. The van der Waals surface area contributed by atoms with E-state index in [1.165, 1.54) is 13.0 Å². The van der Waals surface area contributed by atoms with E-state index in [0.717, 1.165) is 12.1 Å². The van der Waals surface area contributed by atoms with Gasteiger partial charge >= 0.3 is 0 Å². The average Bonchev–Trinajstić information content (AvgIpc) is 2.53. The molecule has 0 heterocycles. The number of aromatic hydroxyl groups is 3. The van der Waals surface area contributed by atoms with Crippen molar-refractivity contribution in [1.82, 2.24) is 0 Å². The van der Waals surface area contributed by atoms with Crippen LogP contribution in [0.4, 0.5) is 0 Å². The van der Waals surface area contributed by atoms with Crippen LogP contribution in [0.3, 0.4) is 0 Å². The molecule has 0 radical (unpaired) electrons. The lowest BCUT2D eigenvalue weighted by Crippen LogP contribution is -2.22. The molecule has 2 aromatic rings. The molecule has 0 aliphatic heterocycles. The van der Waals surface area contributed by atoms with Gasteiger partial charge in [-0.3, -0.25) is 9.59 Å². The number of carbonyl (C=O) groups is 3. The van der Waals surface area contributed by atoms with Gasteiger partial charge in [-0.2, -0.15) is 0 Å². The van der Waals surface area contributed by atoms with Crippen molar-refractivity contribution in [2.45, 2.75) is 26.7 Å². The second-order valence-corrected chi connectivity index (χ2v) is 6.16. The quantitative estimate of drug-likeness (QED) is 0.631. The van der Waals surface area contributed by atoms with Crippen LogP contribution in [0.15, 0.2) is 18.2 Å². The first-order valence-electron chi connectivity index (χ1n) is 7.73. The maximum atomic E-state index is 12.8. The Labute approximate surface area is 143 Å². The van der Waals surface area contributed by atoms with Crippen LogP contribution in [0.5, 0.6) is 17.2 Å². The number of ketones is 3. The molecule has 0 unspecified atom stereocenters. The molecule has 2 aromatic carbocycles. The molecular formula is C19H16O6. The molecule has 6 nitrogen and oxygen atoms in total. The fourth-order valence-electron chi connectivity index (χ4n) is 3.17. The summed E-state index contributed by atoms with van der Waals surface area (Å²) in [6.07, 6.45) is 0.429. The van der Waals surface area contributed by atoms with Gasteiger partial charge in [0.05, 0.1) is 16.7 Å². The Balaban J connectivity index is 2.26. The fourth-order valence-corrected chi connectivity index (χ4v) is 3.17. The minimum absolute atomic E-state index is 0.0278. The lowest BCUT2D eigenvalue weighted by atomic mass is 9.80. The van der Waals surface area contributed by atoms with E-state index < -0.39 is 23.1 Å². The van der Waals surface area contributed by atoms with Gasteiger partial charge in [-0.05, 0) is 49.6 Å². The molecule has 3 N–H and O–H groups in total. The molecular weight excluding hydrogens is 324 g/mol. The number of benzene rings is 2. The number of hydrogen-bond acceptors (Lipinski definition) is 6. The second-order valence-electron chi connectivity index (χ2n) is 6.16. The molecule has 3 rings (SSSR count). The molecule has 0 aromatic heterocycles. The van der Waals surface area contributed by atoms with Gasteiger partial charge in [0.1, 0.15) is 23.0 Å². The summed E-state index contributed by atoms with van der Waals surface area (Å²) in [5.74, 6) is -2.65. The van der Waals surface area contributed by atoms with Crippen LogP contribution >= 0.6 is 0 Å². The Hall–Kier alpha value is -3.15. The highest BCUT2D eigenvalue weighted by atomic mass is 16.3. The topological polar surface area (TPSA) is 112 Å². The van der Waals surface area contributed by atoms with Crippen molar-refractivity contribution in [3.63, 3.8) is 0 Å². The predicted molar refractivity (Wildman–Crippen MR) is 88.5 cm³/mol. The van der Waals surface area contributed by atoms with Crippen molar-refractivity contribution in [2.24, 2.45) is 0 Å². The van der Waals surface area contributed by atoms with Crippen molar-refractivity contribution in [1.29, 1.82) is 0 Å². The zero-order valence-electron chi connectivity index (χ0n) is 13.7. The van der Waals surface area contributed by atoms with Gasteiger partial charge in [0, 0.05) is 12.0 Å². The lowest BCUT2D eigenvalue weighted by molar-refractivity contribution is -0.116. The monoisotopic (exact) mass is 340 g/mol. The first kappa shape index (κ1) is 16.7. The third-order valence-corrected chi connectivity index (χ3v) is 4.44. The zero-order chi connectivity index (χ0) is 18.5. The SMILES string of the molecule is CC(=O)CCc1c(C)cc2c(c1O)C(=O)c1c(O)ccc(O)c1C2=O. The molecule has 0 saturated heterocycles. The van der Waals surface area contributed by atoms with Crippen molar-refractivity contribution in [3.8, 4) is 17.2 Å². The van der Waals surface area contributed by atoms with E-state index in [2.05, 4.69) is 0 Å². The summed E-state index contributed by atoms with van der Waals surface area (Å²) in [6, 6.07) is 3.72. The Morgan fingerprint density at radius 1 is 0.960 bits per heavy atom. The minimum Gasteiger partial charge on any atom is -0.507 e. The molecule has 25 heavy (non-hydrogen) atoms. The van der Waals surface area contributed by atoms with Crippen molar-refractivity contribution < 1.29 is 29.7 Å². The lowest BCUT2D eigenvalue weighted by Gasteiger charge is -2.22. The molecule has 0 spiro atoms. The normalized spacial score (nSPS) is 12.7. The number of aryl methyl sites for hydroxylation is 1. The van der Waals surface area contributed by atoms with E-state index in [1.807, 2.05) is 0 Å². The highest BCUT2D eigenvalue weighted by Crippen LogP contribution is 2.42. The molecule has 1 aliphatic rings. The number of carbonyl (C=O) groups excluding carboxylic acids is 3. The molecule has 0 bridgehead atoms. The third-order valence-electron chi connectivity index (χ3n) is 4.44. The van der Waals surface area contributed by atoms with E-state index in [1.54, 1.807) is 6.92 Å². The number of Topliss-reactive ketones (excluding diaryl/α,β-unsaturated/α-hetero) is 1. The van der Waals surface area contributed by atoms with Crippen LogP contribution < -0.4 is 0 Å². The maximum Gasteiger partial charge on any atom is 0.202 e. The van der Waals surface area contributed by atoms with Crippen LogP contribution in [-0.4, -0.2) is 32.7 Å². The van der Waals surface area contributed by atoms with Crippen LogP contribution in [-0.2, 0) is 11.2 Å². The van der Waals surface area contributed by atoms with Gasteiger partial charge in [0.25, 0.3) is 0 Å². The first-order chi connectivity index (χ1) is 11.7. The van der Waals surface area contributed by atoms with E-state index >= 15 is 0 Å². The minimum atomic E-state index is -0.737.